The second kappa shape index (κ2) is 5.43. The van der Waals surface area contributed by atoms with Crippen LogP contribution < -0.4 is 0 Å². The lowest BCUT2D eigenvalue weighted by Crippen LogP contribution is -2.32. The molecule has 1 fully saturated rings. The number of hydrogen-bond acceptors (Lipinski definition) is 3. The lowest BCUT2D eigenvalue weighted by molar-refractivity contribution is 0.0928. The summed E-state index contributed by atoms with van der Waals surface area (Å²) in [5, 5.41) is 1.96. The Balaban J connectivity index is 1.97. The van der Waals surface area contributed by atoms with Crippen molar-refractivity contribution in [2.45, 2.75) is 32.2 Å². The van der Waals surface area contributed by atoms with E-state index < -0.39 is 0 Å². The van der Waals surface area contributed by atoms with Gasteiger partial charge in [0.2, 0.25) is 0 Å². The van der Waals surface area contributed by atoms with Crippen molar-refractivity contribution < 1.29 is 4.79 Å². The molecule has 0 saturated heterocycles. The first kappa shape index (κ1) is 12.3. The van der Waals surface area contributed by atoms with Gasteiger partial charge in [-0.2, -0.15) is 0 Å². The summed E-state index contributed by atoms with van der Waals surface area (Å²) < 4.78 is 0.940. The first-order valence-corrected chi connectivity index (χ1v) is 7.40. The Kier molecular flexibility index (Phi) is 4.16. The number of hydrogen-bond donors (Lipinski definition) is 0. The molecule has 1 saturated carbocycles. The van der Waals surface area contributed by atoms with Gasteiger partial charge in [0.1, 0.15) is 0 Å². The second-order valence-electron chi connectivity index (χ2n) is 4.22. The summed E-state index contributed by atoms with van der Waals surface area (Å²) in [6, 6.07) is 2.61. The zero-order chi connectivity index (χ0) is 11.5. The predicted molar refractivity (Wildman–Crippen MR) is 71.2 cm³/mol. The van der Waals surface area contributed by atoms with E-state index in [1.165, 1.54) is 24.2 Å². The van der Waals surface area contributed by atoms with Crippen molar-refractivity contribution in [3.05, 3.63) is 20.8 Å². The Morgan fingerprint density at radius 1 is 1.62 bits per heavy atom. The zero-order valence-electron chi connectivity index (χ0n) is 9.41. The molecule has 0 atom stereocenters. The highest BCUT2D eigenvalue weighted by atomic mass is 79.9. The van der Waals surface area contributed by atoms with Gasteiger partial charge in [-0.25, -0.2) is 0 Å². The van der Waals surface area contributed by atoms with Crippen molar-refractivity contribution in [3.8, 4) is 0 Å². The van der Waals surface area contributed by atoms with Gasteiger partial charge in [-0.05, 0) is 53.2 Å². The first-order chi connectivity index (χ1) is 7.72. The second-order valence-corrected chi connectivity index (χ2v) is 5.99. The van der Waals surface area contributed by atoms with Gasteiger partial charge in [-0.15, -0.1) is 11.3 Å². The van der Waals surface area contributed by atoms with Gasteiger partial charge in [0.15, 0.2) is 5.78 Å². The fraction of sp³-hybridized carbons (Fsp3) is 0.583. The molecule has 16 heavy (non-hydrogen) atoms. The van der Waals surface area contributed by atoms with Crippen LogP contribution in [0.2, 0.25) is 0 Å². The lowest BCUT2D eigenvalue weighted by Gasteiger charge is -2.19. The summed E-state index contributed by atoms with van der Waals surface area (Å²) in [6.45, 7) is 3.79. The van der Waals surface area contributed by atoms with Crippen molar-refractivity contribution >= 4 is 33.0 Å². The Hall–Kier alpha value is -0.190. The van der Waals surface area contributed by atoms with Gasteiger partial charge in [0.25, 0.3) is 0 Å². The molecule has 0 aliphatic heterocycles. The summed E-state index contributed by atoms with van der Waals surface area (Å²) in [4.78, 5) is 15.3. The average molecular weight is 302 g/mol. The summed E-state index contributed by atoms with van der Waals surface area (Å²) >= 11 is 4.95. The number of Topliss-reactive ketones (excluding diaryl/α,β-unsaturated/α-hetero) is 1. The lowest BCUT2D eigenvalue weighted by atomic mass is 10.3. The molecule has 1 aliphatic rings. The third kappa shape index (κ3) is 2.93. The van der Waals surface area contributed by atoms with Crippen LogP contribution in [-0.2, 0) is 0 Å². The smallest absolute Gasteiger partial charge is 0.187 e. The van der Waals surface area contributed by atoms with E-state index in [4.69, 9.17) is 0 Å². The van der Waals surface area contributed by atoms with Crippen molar-refractivity contribution in [2.75, 3.05) is 13.1 Å². The molecular formula is C12H16BrNOS. The molecule has 1 heterocycles. The predicted octanol–water partition coefficient (Wildman–Crippen LogP) is 3.57. The minimum Gasteiger partial charge on any atom is -0.293 e. The third-order valence-electron chi connectivity index (χ3n) is 2.79. The number of nitrogens with zero attached hydrogens (tertiary/aromatic N) is 1. The molecule has 2 nitrogen and oxygen atoms in total. The molecule has 4 heteroatoms. The fourth-order valence-corrected chi connectivity index (χ4v) is 3.39. The normalized spacial score (nSPS) is 15.7. The first-order valence-electron chi connectivity index (χ1n) is 5.72. The van der Waals surface area contributed by atoms with E-state index in [0.29, 0.717) is 12.6 Å². The van der Waals surface area contributed by atoms with Crippen LogP contribution in [0, 0.1) is 0 Å². The van der Waals surface area contributed by atoms with E-state index in [0.717, 1.165) is 22.3 Å². The summed E-state index contributed by atoms with van der Waals surface area (Å²) in [5.74, 6) is 0.252. The number of thiophene rings is 1. The standard InChI is InChI=1S/C12H16BrNOS/c1-2-6-14(9-3-4-9)8-11(15)12-10(13)5-7-16-12/h5,7,9H,2-4,6,8H2,1H3. The Bertz CT molecular complexity index is 373. The number of halogens is 1. The summed E-state index contributed by atoms with van der Waals surface area (Å²) in [6.07, 6.45) is 3.65. The van der Waals surface area contributed by atoms with Crippen molar-refractivity contribution in [3.63, 3.8) is 0 Å². The van der Waals surface area contributed by atoms with Crippen LogP contribution in [-0.4, -0.2) is 29.8 Å². The van der Waals surface area contributed by atoms with Crippen LogP contribution in [0.5, 0.6) is 0 Å². The molecule has 1 aromatic heterocycles. The maximum atomic E-state index is 12.1. The molecule has 0 unspecified atom stereocenters. The van der Waals surface area contributed by atoms with Crippen LogP contribution in [0.4, 0.5) is 0 Å². The van der Waals surface area contributed by atoms with E-state index in [9.17, 15) is 4.79 Å². The molecule has 0 amide bonds. The van der Waals surface area contributed by atoms with E-state index in [1.807, 2.05) is 11.4 Å². The number of rotatable bonds is 6. The summed E-state index contributed by atoms with van der Waals surface area (Å²) in [5.41, 5.74) is 0. The molecule has 88 valence electrons. The monoisotopic (exact) mass is 301 g/mol. The Labute approximate surface area is 109 Å². The van der Waals surface area contributed by atoms with Gasteiger partial charge in [0, 0.05) is 10.5 Å². The quantitative estimate of drug-likeness (QED) is 0.749. The third-order valence-corrected chi connectivity index (χ3v) is 4.67. The largest absolute Gasteiger partial charge is 0.293 e. The number of carbonyl (C=O) groups is 1. The van der Waals surface area contributed by atoms with Crippen LogP contribution >= 0.6 is 27.3 Å². The highest BCUT2D eigenvalue weighted by Gasteiger charge is 2.30. The molecule has 0 aromatic carbocycles. The zero-order valence-corrected chi connectivity index (χ0v) is 11.8. The minimum absolute atomic E-state index is 0.252. The Morgan fingerprint density at radius 2 is 2.38 bits per heavy atom. The average Bonchev–Trinajstić information content (AvgIpc) is 3.00. The van der Waals surface area contributed by atoms with E-state index in [2.05, 4.69) is 27.8 Å². The highest BCUT2D eigenvalue weighted by molar-refractivity contribution is 9.10. The highest BCUT2D eigenvalue weighted by Crippen LogP contribution is 2.28. The van der Waals surface area contributed by atoms with Crippen molar-refractivity contribution in [1.29, 1.82) is 0 Å². The molecule has 0 radical (unpaired) electrons. The molecule has 0 N–H and O–H groups in total. The van der Waals surface area contributed by atoms with Gasteiger partial charge >= 0.3 is 0 Å². The van der Waals surface area contributed by atoms with Gasteiger partial charge in [-0.3, -0.25) is 9.69 Å². The van der Waals surface area contributed by atoms with E-state index in [-0.39, 0.29) is 5.78 Å². The SMILES string of the molecule is CCCN(CC(=O)c1sccc1Br)C1CC1. The van der Waals surface area contributed by atoms with Crippen LogP contribution in [0.15, 0.2) is 15.9 Å². The minimum atomic E-state index is 0.252. The number of ketones is 1. The summed E-state index contributed by atoms with van der Waals surface area (Å²) in [7, 11) is 0. The molecule has 1 aromatic rings. The van der Waals surface area contributed by atoms with E-state index >= 15 is 0 Å². The van der Waals surface area contributed by atoms with E-state index in [1.54, 1.807) is 0 Å². The topological polar surface area (TPSA) is 20.3 Å². The molecule has 0 bridgehead atoms. The molecule has 2 rings (SSSR count). The Morgan fingerprint density at radius 3 is 2.88 bits per heavy atom. The van der Waals surface area contributed by atoms with Crippen molar-refractivity contribution in [1.82, 2.24) is 4.90 Å². The van der Waals surface area contributed by atoms with Crippen LogP contribution in [0.3, 0.4) is 0 Å². The fourth-order valence-electron chi connectivity index (χ4n) is 1.87. The van der Waals surface area contributed by atoms with Gasteiger partial charge < -0.3 is 0 Å². The van der Waals surface area contributed by atoms with Gasteiger partial charge in [0.05, 0.1) is 11.4 Å². The number of carbonyl (C=O) groups excluding carboxylic acids is 1. The van der Waals surface area contributed by atoms with Crippen LogP contribution in [0.1, 0.15) is 35.9 Å². The molecule has 1 aliphatic carbocycles. The maximum absolute atomic E-state index is 12.1. The molecule has 0 spiro atoms. The van der Waals surface area contributed by atoms with Gasteiger partial charge in [-0.1, -0.05) is 6.92 Å². The van der Waals surface area contributed by atoms with Crippen LogP contribution in [0.25, 0.3) is 0 Å². The van der Waals surface area contributed by atoms with Crippen molar-refractivity contribution in [2.24, 2.45) is 0 Å². The molecular weight excluding hydrogens is 286 g/mol. The maximum Gasteiger partial charge on any atom is 0.187 e.